The lowest BCUT2D eigenvalue weighted by Crippen LogP contribution is -2.28. The van der Waals surface area contributed by atoms with Crippen LogP contribution in [0.2, 0.25) is 0 Å². The Kier molecular flexibility index (Phi) is 8.08. The van der Waals surface area contributed by atoms with E-state index in [0.29, 0.717) is 24.9 Å². The molecule has 1 heterocycles. The lowest BCUT2D eigenvalue weighted by Gasteiger charge is -2.13. The SMILES string of the molecule is O=C(NCc1cccnc1)Nc1ccc(OCCc2ccccc2-c2cccc(CNC3CC3)c2)cc1. The number of amides is 2. The maximum Gasteiger partial charge on any atom is 0.319 e. The fraction of sp³-hybridized carbons (Fsp3) is 0.226. The molecule has 2 amide bonds. The van der Waals surface area contributed by atoms with Crippen LogP contribution in [0.1, 0.15) is 29.5 Å². The van der Waals surface area contributed by atoms with Crippen molar-refractivity contribution in [2.24, 2.45) is 0 Å². The Morgan fingerprint density at radius 2 is 1.73 bits per heavy atom. The largest absolute Gasteiger partial charge is 0.493 e. The van der Waals surface area contributed by atoms with E-state index in [1.54, 1.807) is 12.4 Å². The third-order valence-electron chi connectivity index (χ3n) is 6.36. The van der Waals surface area contributed by atoms with E-state index < -0.39 is 0 Å². The molecule has 1 aliphatic rings. The number of benzene rings is 3. The zero-order valence-electron chi connectivity index (χ0n) is 20.8. The van der Waals surface area contributed by atoms with Crippen molar-refractivity contribution in [1.29, 1.82) is 0 Å². The van der Waals surface area contributed by atoms with Crippen LogP contribution < -0.4 is 20.7 Å². The molecule has 4 aromatic rings. The van der Waals surface area contributed by atoms with Crippen molar-refractivity contribution in [2.75, 3.05) is 11.9 Å². The second kappa shape index (κ2) is 12.2. The van der Waals surface area contributed by atoms with Crippen LogP contribution >= 0.6 is 0 Å². The first-order valence-electron chi connectivity index (χ1n) is 12.8. The molecular formula is C31H32N4O2. The molecule has 3 aromatic carbocycles. The molecule has 37 heavy (non-hydrogen) atoms. The van der Waals surface area contributed by atoms with Gasteiger partial charge in [0.2, 0.25) is 0 Å². The first-order valence-corrected chi connectivity index (χ1v) is 12.8. The number of urea groups is 1. The molecule has 1 saturated carbocycles. The minimum absolute atomic E-state index is 0.262. The first kappa shape index (κ1) is 24.5. The molecule has 5 rings (SSSR count). The number of carbonyl (C=O) groups is 1. The molecule has 6 nitrogen and oxygen atoms in total. The van der Waals surface area contributed by atoms with Crippen LogP contribution in [-0.4, -0.2) is 23.7 Å². The van der Waals surface area contributed by atoms with Crippen molar-refractivity contribution in [2.45, 2.75) is 38.4 Å². The quantitative estimate of drug-likeness (QED) is 0.242. The van der Waals surface area contributed by atoms with Gasteiger partial charge in [-0.1, -0.05) is 48.5 Å². The molecule has 1 aromatic heterocycles. The molecule has 0 atom stereocenters. The second-order valence-electron chi connectivity index (χ2n) is 9.30. The molecule has 6 heteroatoms. The van der Waals surface area contributed by atoms with Gasteiger partial charge < -0.3 is 20.7 Å². The highest BCUT2D eigenvalue weighted by Gasteiger charge is 2.20. The van der Waals surface area contributed by atoms with Gasteiger partial charge >= 0.3 is 6.03 Å². The maximum absolute atomic E-state index is 12.2. The van der Waals surface area contributed by atoms with Gasteiger partial charge in [-0.15, -0.1) is 0 Å². The van der Waals surface area contributed by atoms with Crippen LogP contribution in [0, 0.1) is 0 Å². The summed E-state index contributed by atoms with van der Waals surface area (Å²) in [4.78, 5) is 16.2. The molecule has 0 unspecified atom stereocenters. The summed E-state index contributed by atoms with van der Waals surface area (Å²) < 4.78 is 6.02. The molecule has 0 bridgehead atoms. The molecule has 0 spiro atoms. The summed E-state index contributed by atoms with van der Waals surface area (Å²) in [5.74, 6) is 0.770. The normalized spacial score (nSPS) is 12.6. The smallest absolute Gasteiger partial charge is 0.319 e. The van der Waals surface area contributed by atoms with Gasteiger partial charge in [0.15, 0.2) is 0 Å². The summed E-state index contributed by atoms with van der Waals surface area (Å²) in [7, 11) is 0. The van der Waals surface area contributed by atoms with Gasteiger partial charge in [0.1, 0.15) is 5.75 Å². The minimum atomic E-state index is -0.262. The number of rotatable bonds is 11. The maximum atomic E-state index is 12.2. The van der Waals surface area contributed by atoms with E-state index in [2.05, 4.69) is 69.5 Å². The number of pyridine rings is 1. The van der Waals surface area contributed by atoms with Gasteiger partial charge in [0.25, 0.3) is 0 Å². The summed E-state index contributed by atoms with van der Waals surface area (Å²) in [5.41, 5.74) is 6.71. The van der Waals surface area contributed by atoms with E-state index in [9.17, 15) is 4.79 Å². The van der Waals surface area contributed by atoms with Crippen molar-refractivity contribution >= 4 is 11.7 Å². The van der Waals surface area contributed by atoms with Crippen LogP contribution in [0.5, 0.6) is 5.75 Å². The fourth-order valence-electron chi connectivity index (χ4n) is 4.19. The van der Waals surface area contributed by atoms with E-state index >= 15 is 0 Å². The second-order valence-corrected chi connectivity index (χ2v) is 9.30. The predicted molar refractivity (Wildman–Crippen MR) is 147 cm³/mol. The number of anilines is 1. The Balaban J connectivity index is 1.12. The molecular weight excluding hydrogens is 460 g/mol. The number of aromatic nitrogens is 1. The Bertz CT molecular complexity index is 1300. The van der Waals surface area contributed by atoms with E-state index in [0.717, 1.165) is 24.3 Å². The summed E-state index contributed by atoms with van der Waals surface area (Å²) >= 11 is 0. The van der Waals surface area contributed by atoms with Crippen LogP contribution in [0.3, 0.4) is 0 Å². The zero-order valence-corrected chi connectivity index (χ0v) is 20.8. The number of hydrogen-bond donors (Lipinski definition) is 3. The summed E-state index contributed by atoms with van der Waals surface area (Å²) in [6, 6.07) is 29.0. The highest BCUT2D eigenvalue weighted by Crippen LogP contribution is 2.26. The number of nitrogens with zero attached hydrogens (tertiary/aromatic N) is 1. The molecule has 0 aliphatic heterocycles. The van der Waals surface area contributed by atoms with E-state index in [4.69, 9.17) is 4.74 Å². The number of ether oxygens (including phenoxy) is 1. The molecule has 3 N–H and O–H groups in total. The van der Waals surface area contributed by atoms with Gasteiger partial charge in [0.05, 0.1) is 6.61 Å². The van der Waals surface area contributed by atoms with Crippen LogP contribution in [-0.2, 0) is 19.5 Å². The molecule has 0 radical (unpaired) electrons. The van der Waals surface area contributed by atoms with Crippen molar-refractivity contribution in [3.8, 4) is 16.9 Å². The average Bonchev–Trinajstić information content (AvgIpc) is 3.78. The minimum Gasteiger partial charge on any atom is -0.493 e. The Hall–Kier alpha value is -4.16. The standard InChI is InChI=1S/C31H32N4O2/c36-31(34-22-24-6-4-17-32-20-24)35-28-12-14-29(15-13-28)37-18-16-25-7-1-2-9-30(25)26-8-3-5-23(19-26)21-33-27-10-11-27/h1-9,12-15,17,19-20,27,33H,10-11,16,18,21-22H2,(H2,34,35,36). The van der Waals surface area contributed by atoms with E-state index in [-0.39, 0.29) is 6.03 Å². The van der Waals surface area contributed by atoms with Gasteiger partial charge in [-0.05, 0) is 77.1 Å². The summed E-state index contributed by atoms with van der Waals surface area (Å²) in [6.45, 7) is 1.91. The molecule has 0 saturated heterocycles. The summed E-state index contributed by atoms with van der Waals surface area (Å²) in [5, 5.41) is 9.26. The van der Waals surface area contributed by atoms with Gasteiger partial charge in [-0.25, -0.2) is 4.79 Å². The third kappa shape index (κ3) is 7.41. The Morgan fingerprint density at radius 1 is 0.892 bits per heavy atom. The monoisotopic (exact) mass is 492 g/mol. The fourth-order valence-corrected chi connectivity index (χ4v) is 4.19. The number of nitrogens with one attached hydrogen (secondary N) is 3. The number of hydrogen-bond acceptors (Lipinski definition) is 4. The third-order valence-corrected chi connectivity index (χ3v) is 6.36. The first-order chi connectivity index (χ1) is 18.2. The zero-order chi connectivity index (χ0) is 25.3. The highest BCUT2D eigenvalue weighted by molar-refractivity contribution is 5.89. The number of carbonyl (C=O) groups excluding carboxylic acids is 1. The van der Waals surface area contributed by atoms with Crippen LogP contribution in [0.15, 0.2) is 97.3 Å². The topological polar surface area (TPSA) is 75.3 Å². The van der Waals surface area contributed by atoms with Crippen molar-refractivity contribution in [1.82, 2.24) is 15.6 Å². The molecule has 1 aliphatic carbocycles. The Labute approximate surface area is 218 Å². The van der Waals surface area contributed by atoms with Crippen molar-refractivity contribution in [3.63, 3.8) is 0 Å². The van der Waals surface area contributed by atoms with Crippen molar-refractivity contribution < 1.29 is 9.53 Å². The van der Waals surface area contributed by atoms with Crippen LogP contribution in [0.4, 0.5) is 10.5 Å². The summed E-state index contributed by atoms with van der Waals surface area (Å²) in [6.07, 6.45) is 6.83. The van der Waals surface area contributed by atoms with Crippen LogP contribution in [0.25, 0.3) is 11.1 Å². The van der Waals surface area contributed by atoms with Gasteiger partial charge in [0, 0.05) is 43.6 Å². The predicted octanol–water partition coefficient (Wildman–Crippen LogP) is 5.94. The molecule has 188 valence electrons. The van der Waals surface area contributed by atoms with Gasteiger partial charge in [-0.3, -0.25) is 4.98 Å². The highest BCUT2D eigenvalue weighted by atomic mass is 16.5. The lowest BCUT2D eigenvalue weighted by atomic mass is 9.96. The molecule has 1 fully saturated rings. The average molecular weight is 493 g/mol. The van der Waals surface area contributed by atoms with E-state index in [1.807, 2.05) is 36.4 Å². The van der Waals surface area contributed by atoms with Gasteiger partial charge in [-0.2, -0.15) is 0 Å². The van der Waals surface area contributed by atoms with Crippen molar-refractivity contribution in [3.05, 3.63) is 114 Å². The Morgan fingerprint density at radius 3 is 2.54 bits per heavy atom. The van der Waals surface area contributed by atoms with E-state index in [1.165, 1.54) is 35.1 Å². The lowest BCUT2D eigenvalue weighted by molar-refractivity contribution is 0.251.